The van der Waals surface area contributed by atoms with Gasteiger partial charge in [-0.1, -0.05) is 44.2 Å². The van der Waals surface area contributed by atoms with Crippen molar-refractivity contribution in [1.29, 1.82) is 0 Å². The molecule has 0 aliphatic heterocycles. The zero-order valence-corrected chi connectivity index (χ0v) is 20.0. The number of aromatic nitrogens is 1. The Morgan fingerprint density at radius 3 is 2.27 bits per heavy atom. The number of ketones is 2. The van der Waals surface area contributed by atoms with Crippen LogP contribution in [0.1, 0.15) is 30.8 Å². The van der Waals surface area contributed by atoms with Gasteiger partial charge in [-0.25, -0.2) is 13.8 Å². The molecule has 3 rings (SSSR count). The number of rotatable bonds is 12. The van der Waals surface area contributed by atoms with E-state index in [1.54, 1.807) is 32.0 Å². The van der Waals surface area contributed by atoms with Gasteiger partial charge in [-0.05, 0) is 30.2 Å². The average Bonchev–Trinajstić information content (AvgIpc) is 2.86. The van der Waals surface area contributed by atoms with Gasteiger partial charge in [-0.3, -0.25) is 24.5 Å². The summed E-state index contributed by atoms with van der Waals surface area (Å²) in [6.07, 6.45) is -0.807. The zero-order chi connectivity index (χ0) is 27.1. The summed E-state index contributed by atoms with van der Waals surface area (Å²) in [5.41, 5.74) is 0.598. The minimum absolute atomic E-state index is 0.0325. The van der Waals surface area contributed by atoms with Crippen LogP contribution in [0.5, 0.6) is 5.75 Å². The number of para-hydroxylation sites is 2. The topological polar surface area (TPSA) is 135 Å². The average molecular weight is 513 g/mol. The second-order valence-corrected chi connectivity index (χ2v) is 8.51. The number of fused-ring (bicyclic) bond motifs is 1. The summed E-state index contributed by atoms with van der Waals surface area (Å²) in [5, 5.41) is 14.9. The van der Waals surface area contributed by atoms with Crippen molar-refractivity contribution in [1.82, 2.24) is 15.6 Å². The summed E-state index contributed by atoms with van der Waals surface area (Å²) in [4.78, 5) is 54.4. The maximum atomic E-state index is 13.8. The highest BCUT2D eigenvalue weighted by Crippen LogP contribution is 2.20. The number of Topliss-reactive ketones (excluding diaryl/α,β-unsaturated/α-hetero) is 2. The number of carbonyl (C=O) groups is 4. The SMILES string of the molecule is CC(C)[C@H](NC(=O)c1ccc2ccccc2n1)C(=O)C(=O)[C@H](CC(=O)O)NCOc1c(F)cccc1F. The highest BCUT2D eigenvalue weighted by molar-refractivity contribution is 6.41. The molecule has 2 atom stereocenters. The standard InChI is InChI=1S/C26H25F2N3O6/c1-14(2)22(31-26(36)19-11-10-15-6-3-4-9-18(15)30-19)24(35)23(34)20(12-21(32)33)29-13-37-25-16(27)7-5-8-17(25)28/h3-11,14,20,22,29H,12-13H2,1-2H3,(H,31,36)(H,32,33)/t20-,22-/m0/s1. The van der Waals surface area contributed by atoms with Crippen molar-refractivity contribution in [3.8, 4) is 5.75 Å². The summed E-state index contributed by atoms with van der Waals surface area (Å²) >= 11 is 0. The largest absolute Gasteiger partial charge is 0.481 e. The van der Waals surface area contributed by atoms with Crippen LogP contribution in [0.3, 0.4) is 0 Å². The molecule has 1 aromatic heterocycles. The second-order valence-electron chi connectivity index (χ2n) is 8.51. The third-order valence-electron chi connectivity index (χ3n) is 5.47. The molecule has 0 fully saturated rings. The molecule has 37 heavy (non-hydrogen) atoms. The number of carbonyl (C=O) groups excluding carboxylic acids is 3. The van der Waals surface area contributed by atoms with Crippen LogP contribution in [0, 0.1) is 17.6 Å². The summed E-state index contributed by atoms with van der Waals surface area (Å²) in [7, 11) is 0. The fourth-order valence-electron chi connectivity index (χ4n) is 3.53. The number of carboxylic acids is 1. The van der Waals surface area contributed by atoms with Crippen LogP contribution >= 0.6 is 0 Å². The molecule has 0 saturated heterocycles. The van der Waals surface area contributed by atoms with Gasteiger partial charge in [0.05, 0.1) is 24.0 Å². The predicted octanol–water partition coefficient (Wildman–Crippen LogP) is 2.88. The van der Waals surface area contributed by atoms with Gasteiger partial charge in [0.2, 0.25) is 11.6 Å². The number of hydrogen-bond acceptors (Lipinski definition) is 7. The molecule has 0 aliphatic rings. The Morgan fingerprint density at radius 1 is 0.946 bits per heavy atom. The lowest BCUT2D eigenvalue weighted by atomic mass is 9.93. The maximum Gasteiger partial charge on any atom is 0.305 e. The zero-order valence-electron chi connectivity index (χ0n) is 20.0. The van der Waals surface area contributed by atoms with Gasteiger partial charge in [-0.15, -0.1) is 0 Å². The number of nitrogens with zero attached hydrogens (tertiary/aromatic N) is 1. The first-order valence-electron chi connectivity index (χ1n) is 11.3. The summed E-state index contributed by atoms with van der Waals surface area (Å²) in [5.74, 6) is -7.51. The molecule has 11 heteroatoms. The smallest absolute Gasteiger partial charge is 0.305 e. The highest BCUT2D eigenvalue weighted by atomic mass is 19.1. The van der Waals surface area contributed by atoms with Crippen LogP contribution in [0.2, 0.25) is 0 Å². The van der Waals surface area contributed by atoms with Crippen molar-refractivity contribution in [3.63, 3.8) is 0 Å². The number of nitrogens with one attached hydrogen (secondary N) is 2. The number of aliphatic carboxylic acids is 1. The van der Waals surface area contributed by atoms with E-state index < -0.39 is 72.0 Å². The molecule has 194 valence electrons. The molecule has 9 nitrogen and oxygen atoms in total. The fraction of sp³-hybridized carbons (Fsp3) is 0.269. The van der Waals surface area contributed by atoms with E-state index in [4.69, 9.17) is 4.74 Å². The second kappa shape index (κ2) is 12.1. The van der Waals surface area contributed by atoms with Gasteiger partial charge in [-0.2, -0.15) is 0 Å². The fourth-order valence-corrected chi connectivity index (χ4v) is 3.53. The summed E-state index contributed by atoms with van der Waals surface area (Å²) < 4.78 is 32.5. The van der Waals surface area contributed by atoms with Crippen molar-refractivity contribution in [2.75, 3.05) is 6.73 Å². The molecule has 0 unspecified atom stereocenters. The predicted molar refractivity (Wildman–Crippen MR) is 129 cm³/mol. The van der Waals surface area contributed by atoms with E-state index >= 15 is 0 Å². The number of amides is 1. The molecule has 1 amide bonds. The van der Waals surface area contributed by atoms with Crippen LogP contribution < -0.4 is 15.4 Å². The minimum atomic E-state index is -1.57. The van der Waals surface area contributed by atoms with E-state index in [0.717, 1.165) is 23.6 Å². The van der Waals surface area contributed by atoms with Gasteiger partial charge in [0, 0.05) is 5.39 Å². The van der Waals surface area contributed by atoms with Gasteiger partial charge in [0.1, 0.15) is 12.4 Å². The van der Waals surface area contributed by atoms with E-state index in [1.165, 1.54) is 6.07 Å². The van der Waals surface area contributed by atoms with Crippen molar-refractivity contribution in [2.45, 2.75) is 32.4 Å². The first kappa shape index (κ1) is 27.3. The number of pyridine rings is 1. The lowest BCUT2D eigenvalue weighted by molar-refractivity contribution is -0.143. The molecule has 0 radical (unpaired) electrons. The Labute approximate surface area is 210 Å². The Hall–Kier alpha value is -4.25. The summed E-state index contributed by atoms with van der Waals surface area (Å²) in [6.45, 7) is 2.55. The lowest BCUT2D eigenvalue weighted by Gasteiger charge is -2.23. The van der Waals surface area contributed by atoms with Gasteiger partial charge >= 0.3 is 5.97 Å². The Bertz CT molecular complexity index is 1310. The Morgan fingerprint density at radius 2 is 1.62 bits per heavy atom. The number of hydrogen-bond donors (Lipinski definition) is 3. The van der Waals surface area contributed by atoms with E-state index in [9.17, 15) is 33.1 Å². The third-order valence-corrected chi connectivity index (χ3v) is 5.47. The molecule has 3 aromatic rings. The lowest BCUT2D eigenvalue weighted by Crippen LogP contribution is -2.53. The van der Waals surface area contributed by atoms with Crippen molar-refractivity contribution < 1.29 is 37.8 Å². The first-order chi connectivity index (χ1) is 17.6. The molecule has 0 saturated carbocycles. The number of ether oxygens (including phenoxy) is 1. The molecule has 2 aromatic carbocycles. The maximum absolute atomic E-state index is 13.8. The first-order valence-corrected chi connectivity index (χ1v) is 11.3. The molecule has 0 aliphatic carbocycles. The van der Waals surface area contributed by atoms with Gasteiger partial charge in [0.15, 0.2) is 17.4 Å². The normalized spacial score (nSPS) is 12.7. The number of carboxylic acid groups (broad SMARTS) is 1. The van der Waals surface area contributed by atoms with E-state index in [2.05, 4.69) is 15.6 Å². The molecular weight excluding hydrogens is 488 g/mol. The van der Waals surface area contributed by atoms with Crippen LogP contribution in [0.15, 0.2) is 54.6 Å². The molecular formula is C26H25F2N3O6. The molecule has 1 heterocycles. The number of benzene rings is 2. The highest BCUT2D eigenvalue weighted by Gasteiger charge is 2.35. The molecule has 0 spiro atoms. The Balaban J connectivity index is 1.72. The van der Waals surface area contributed by atoms with Crippen LogP contribution in [0.25, 0.3) is 10.9 Å². The third kappa shape index (κ3) is 6.91. The monoisotopic (exact) mass is 513 g/mol. The van der Waals surface area contributed by atoms with Crippen LogP contribution in [0.4, 0.5) is 8.78 Å². The van der Waals surface area contributed by atoms with Crippen molar-refractivity contribution >= 4 is 34.3 Å². The van der Waals surface area contributed by atoms with Gasteiger partial charge < -0.3 is 15.2 Å². The van der Waals surface area contributed by atoms with Crippen molar-refractivity contribution in [2.24, 2.45) is 5.92 Å². The molecule has 0 bridgehead atoms. The Kier molecular flexibility index (Phi) is 8.96. The van der Waals surface area contributed by atoms with E-state index in [-0.39, 0.29) is 5.69 Å². The minimum Gasteiger partial charge on any atom is -0.481 e. The van der Waals surface area contributed by atoms with E-state index in [0.29, 0.717) is 5.52 Å². The summed E-state index contributed by atoms with van der Waals surface area (Å²) in [6, 6.07) is 10.5. The van der Waals surface area contributed by atoms with E-state index in [1.807, 2.05) is 12.1 Å². The number of halogens is 2. The quantitative estimate of drug-likeness (QED) is 0.249. The van der Waals surface area contributed by atoms with Gasteiger partial charge in [0.25, 0.3) is 5.91 Å². The van der Waals surface area contributed by atoms with Crippen LogP contribution in [-0.4, -0.2) is 52.3 Å². The molecule has 3 N–H and O–H groups in total. The van der Waals surface area contributed by atoms with Crippen molar-refractivity contribution in [3.05, 3.63) is 71.9 Å². The van der Waals surface area contributed by atoms with Crippen LogP contribution in [-0.2, 0) is 14.4 Å².